The minimum absolute atomic E-state index is 0.388. The number of amides is 2. The number of benzene rings is 2. The van der Waals surface area contributed by atoms with E-state index in [4.69, 9.17) is 16.3 Å². The summed E-state index contributed by atoms with van der Waals surface area (Å²) in [7, 11) is 5.35. The topological polar surface area (TPSA) is 85.9 Å². The van der Waals surface area contributed by atoms with E-state index < -0.39 is 0 Å². The molecule has 1 saturated heterocycles. The van der Waals surface area contributed by atoms with Gasteiger partial charge in [0.05, 0.1) is 17.8 Å². The predicted molar refractivity (Wildman–Crippen MR) is 142 cm³/mol. The summed E-state index contributed by atoms with van der Waals surface area (Å²) in [4.78, 5) is 27.5. The lowest BCUT2D eigenvalue weighted by Gasteiger charge is -2.34. The largest absolute Gasteiger partial charge is 0.497 e. The Morgan fingerprint density at radius 1 is 1.09 bits per heavy atom. The quantitative estimate of drug-likeness (QED) is 0.516. The molecule has 9 nitrogen and oxygen atoms in total. The lowest BCUT2D eigenvalue weighted by Crippen LogP contribution is -2.44. The highest BCUT2D eigenvalue weighted by Crippen LogP contribution is 2.31. The molecule has 0 saturated carbocycles. The Bertz CT molecular complexity index is 1180. The molecule has 0 radical (unpaired) electrons. The first-order valence-corrected chi connectivity index (χ1v) is 11.7. The molecule has 2 heterocycles. The number of rotatable bonds is 6. The molecule has 0 unspecified atom stereocenters. The minimum atomic E-state index is -0.388. The normalized spacial score (nSPS) is 13.9. The van der Waals surface area contributed by atoms with Gasteiger partial charge in [0, 0.05) is 56.7 Å². The zero-order chi connectivity index (χ0) is 24.9. The van der Waals surface area contributed by atoms with Crippen molar-refractivity contribution < 1.29 is 9.53 Å². The Kier molecular flexibility index (Phi) is 7.57. The molecule has 0 spiro atoms. The summed E-state index contributed by atoms with van der Waals surface area (Å²) in [6.45, 7) is 6.02. The highest BCUT2D eigenvalue weighted by atomic mass is 35.5. The number of likely N-dealkylation sites (N-methyl/N-ethyl adjacent to an activating group) is 1. The first-order valence-electron chi connectivity index (χ1n) is 11.4. The van der Waals surface area contributed by atoms with Gasteiger partial charge in [-0.05, 0) is 49.9 Å². The maximum absolute atomic E-state index is 12.9. The van der Waals surface area contributed by atoms with Crippen LogP contribution < -0.4 is 25.2 Å². The number of ether oxygens (including phenoxy) is 1. The van der Waals surface area contributed by atoms with Crippen LogP contribution in [0.2, 0.25) is 5.02 Å². The third kappa shape index (κ3) is 5.93. The number of halogens is 1. The third-order valence-corrected chi connectivity index (χ3v) is 6.52. The molecule has 1 aliphatic heterocycles. The lowest BCUT2D eigenvalue weighted by molar-refractivity contribution is 0.258. The van der Waals surface area contributed by atoms with E-state index in [-0.39, 0.29) is 6.03 Å². The van der Waals surface area contributed by atoms with E-state index in [2.05, 4.69) is 49.6 Å². The molecular formula is C25H30ClN7O2. The molecule has 0 aliphatic carbocycles. The van der Waals surface area contributed by atoms with Gasteiger partial charge in [-0.2, -0.15) is 0 Å². The maximum Gasteiger partial charge on any atom is 0.327 e. The highest BCUT2D eigenvalue weighted by Gasteiger charge is 2.17. The molecular weight excluding hydrogens is 466 g/mol. The van der Waals surface area contributed by atoms with Crippen molar-refractivity contribution in [2.24, 2.45) is 0 Å². The summed E-state index contributed by atoms with van der Waals surface area (Å²) < 4.78 is 5.28. The minimum Gasteiger partial charge on any atom is -0.497 e. The van der Waals surface area contributed by atoms with E-state index in [1.54, 1.807) is 26.3 Å². The van der Waals surface area contributed by atoms with Crippen LogP contribution in [-0.4, -0.2) is 68.3 Å². The molecule has 4 rings (SSSR count). The van der Waals surface area contributed by atoms with Crippen LogP contribution in [0.15, 0.2) is 48.8 Å². The van der Waals surface area contributed by atoms with Gasteiger partial charge >= 0.3 is 6.03 Å². The van der Waals surface area contributed by atoms with Crippen molar-refractivity contribution in [2.45, 2.75) is 6.92 Å². The second kappa shape index (κ2) is 10.8. The van der Waals surface area contributed by atoms with Crippen molar-refractivity contribution in [3.05, 3.63) is 59.4 Å². The van der Waals surface area contributed by atoms with Gasteiger partial charge in [0.25, 0.3) is 0 Å². The monoisotopic (exact) mass is 495 g/mol. The Balaban J connectivity index is 1.42. The molecule has 2 amide bonds. The van der Waals surface area contributed by atoms with Crippen LogP contribution in [0.1, 0.15) is 5.56 Å². The average molecular weight is 496 g/mol. The number of carbonyl (C=O) groups excluding carboxylic acids is 1. The number of urea groups is 1. The van der Waals surface area contributed by atoms with E-state index in [1.807, 2.05) is 25.1 Å². The van der Waals surface area contributed by atoms with Crippen LogP contribution in [-0.2, 0) is 0 Å². The van der Waals surface area contributed by atoms with Gasteiger partial charge in [0.2, 0.25) is 0 Å². The lowest BCUT2D eigenvalue weighted by atomic mass is 10.2. The molecule has 1 fully saturated rings. The molecule has 2 N–H and O–H groups in total. The Morgan fingerprint density at radius 3 is 2.49 bits per heavy atom. The number of anilines is 5. The van der Waals surface area contributed by atoms with Crippen LogP contribution in [0, 0.1) is 6.92 Å². The second-order valence-electron chi connectivity index (χ2n) is 8.52. The summed E-state index contributed by atoms with van der Waals surface area (Å²) >= 11 is 6.37. The average Bonchev–Trinajstić information content (AvgIpc) is 2.87. The van der Waals surface area contributed by atoms with Gasteiger partial charge in [-0.25, -0.2) is 14.8 Å². The Morgan fingerprint density at radius 2 is 1.80 bits per heavy atom. The number of nitrogens with zero attached hydrogens (tertiary/aromatic N) is 5. The zero-order valence-electron chi connectivity index (χ0n) is 20.4. The fourth-order valence-corrected chi connectivity index (χ4v) is 3.97. The molecule has 35 heavy (non-hydrogen) atoms. The number of aromatic nitrogens is 2. The molecule has 1 aliphatic rings. The summed E-state index contributed by atoms with van der Waals surface area (Å²) in [5.41, 5.74) is 3.37. The summed E-state index contributed by atoms with van der Waals surface area (Å²) in [5, 5.41) is 6.56. The number of hydrogen-bond donors (Lipinski definition) is 2. The standard InChI is InChI=1S/C25H30ClN7O2/c1-17-13-20(35-4)14-21(24(17)26)30-25(34)32(3)23-15-22(27-16-28-23)29-18-5-7-19(8-6-18)33-11-9-31(2)10-12-33/h5-8,13-16H,9-12H2,1-4H3,(H,30,34)(H,27,28,29). The van der Waals surface area contributed by atoms with Gasteiger partial charge < -0.3 is 25.2 Å². The molecule has 2 aromatic carbocycles. The van der Waals surface area contributed by atoms with Crippen LogP contribution in [0.4, 0.5) is 33.5 Å². The number of aryl methyl sites for hydroxylation is 1. The number of methoxy groups -OCH3 is 1. The van der Waals surface area contributed by atoms with E-state index in [1.165, 1.54) is 16.9 Å². The summed E-state index contributed by atoms with van der Waals surface area (Å²) in [6.07, 6.45) is 1.42. The van der Waals surface area contributed by atoms with Crippen LogP contribution in [0.5, 0.6) is 5.75 Å². The van der Waals surface area contributed by atoms with Crippen molar-refractivity contribution in [1.82, 2.24) is 14.9 Å². The van der Waals surface area contributed by atoms with Crippen molar-refractivity contribution in [3.63, 3.8) is 0 Å². The van der Waals surface area contributed by atoms with Crippen LogP contribution in [0.25, 0.3) is 0 Å². The molecule has 184 valence electrons. The van der Waals surface area contributed by atoms with Crippen LogP contribution >= 0.6 is 11.6 Å². The molecule has 0 bridgehead atoms. The molecule has 3 aromatic rings. The summed E-state index contributed by atoms with van der Waals surface area (Å²) in [6, 6.07) is 13.1. The Hall–Kier alpha value is -3.56. The van der Waals surface area contributed by atoms with Crippen molar-refractivity contribution in [1.29, 1.82) is 0 Å². The van der Waals surface area contributed by atoms with Crippen molar-refractivity contribution in [2.75, 3.05) is 67.8 Å². The predicted octanol–water partition coefficient (Wildman–Crippen LogP) is 4.61. The van der Waals surface area contributed by atoms with Gasteiger partial charge in [0.1, 0.15) is 23.7 Å². The van der Waals surface area contributed by atoms with Gasteiger partial charge in [-0.3, -0.25) is 4.90 Å². The number of nitrogens with one attached hydrogen (secondary N) is 2. The first-order chi connectivity index (χ1) is 16.8. The number of piperazine rings is 1. The molecule has 0 atom stereocenters. The second-order valence-corrected chi connectivity index (χ2v) is 8.90. The van der Waals surface area contributed by atoms with E-state index >= 15 is 0 Å². The fourth-order valence-electron chi connectivity index (χ4n) is 3.82. The van der Waals surface area contributed by atoms with Gasteiger partial charge in [-0.15, -0.1) is 0 Å². The first kappa shape index (κ1) is 24.6. The smallest absolute Gasteiger partial charge is 0.327 e. The van der Waals surface area contributed by atoms with E-state index in [0.29, 0.717) is 28.1 Å². The van der Waals surface area contributed by atoms with Crippen molar-refractivity contribution >= 4 is 46.3 Å². The SMILES string of the molecule is COc1cc(C)c(Cl)c(NC(=O)N(C)c2cc(Nc3ccc(N4CCN(C)CC4)cc3)ncn2)c1. The van der Waals surface area contributed by atoms with E-state index in [0.717, 1.165) is 37.4 Å². The number of hydrogen-bond acceptors (Lipinski definition) is 7. The fraction of sp³-hybridized carbons (Fsp3) is 0.320. The number of carbonyl (C=O) groups is 1. The molecule has 1 aromatic heterocycles. The third-order valence-electron chi connectivity index (χ3n) is 6.01. The maximum atomic E-state index is 12.9. The zero-order valence-corrected chi connectivity index (χ0v) is 21.1. The van der Waals surface area contributed by atoms with E-state index in [9.17, 15) is 4.79 Å². The highest BCUT2D eigenvalue weighted by molar-refractivity contribution is 6.34. The molecule has 10 heteroatoms. The summed E-state index contributed by atoms with van der Waals surface area (Å²) in [5.74, 6) is 1.62. The van der Waals surface area contributed by atoms with Crippen LogP contribution in [0.3, 0.4) is 0 Å². The van der Waals surface area contributed by atoms with Crippen molar-refractivity contribution in [3.8, 4) is 5.75 Å². The Labute approximate surface area is 210 Å². The van der Waals surface area contributed by atoms with Gasteiger partial charge in [-0.1, -0.05) is 11.6 Å². The van der Waals surface area contributed by atoms with Gasteiger partial charge in [0.15, 0.2) is 0 Å².